The normalized spacial score (nSPS) is 10.3. The molecule has 0 N–H and O–H groups in total. The highest BCUT2D eigenvalue weighted by atomic mass is 16.6. The van der Waals surface area contributed by atoms with Crippen molar-refractivity contribution in [3.05, 3.63) is 88.5 Å². The average molecular weight is 363 g/mol. The molecule has 0 aromatic heterocycles. The van der Waals surface area contributed by atoms with E-state index in [4.69, 9.17) is 9.47 Å². The molecule has 0 bridgehead atoms. The summed E-state index contributed by atoms with van der Waals surface area (Å²) < 4.78 is 10.8. The van der Waals surface area contributed by atoms with Crippen molar-refractivity contribution in [1.82, 2.24) is 0 Å². The van der Waals surface area contributed by atoms with Crippen LogP contribution in [0.5, 0.6) is 11.5 Å². The summed E-state index contributed by atoms with van der Waals surface area (Å²) in [5.41, 5.74) is 2.20. The van der Waals surface area contributed by atoms with Crippen molar-refractivity contribution in [2.45, 2.75) is 6.92 Å². The van der Waals surface area contributed by atoms with E-state index < -0.39 is 10.9 Å². The van der Waals surface area contributed by atoms with Crippen molar-refractivity contribution in [3.63, 3.8) is 0 Å². The number of aryl methyl sites for hydroxylation is 1. The summed E-state index contributed by atoms with van der Waals surface area (Å²) in [6.45, 7) is 1.31. The molecule has 3 aromatic rings. The van der Waals surface area contributed by atoms with Gasteiger partial charge in [-0.1, -0.05) is 48.5 Å². The first kappa shape index (κ1) is 18.1. The van der Waals surface area contributed by atoms with E-state index in [1.54, 1.807) is 19.1 Å². The van der Waals surface area contributed by atoms with Crippen LogP contribution in [0.3, 0.4) is 0 Å². The molecule has 0 aliphatic carbocycles. The molecule has 3 rings (SSSR count). The third-order valence-electron chi connectivity index (χ3n) is 3.92. The van der Waals surface area contributed by atoms with E-state index in [1.165, 1.54) is 18.2 Å². The molecule has 27 heavy (non-hydrogen) atoms. The summed E-state index contributed by atoms with van der Waals surface area (Å²) in [5.74, 6) is 0.248. The first-order chi connectivity index (χ1) is 13.0. The van der Waals surface area contributed by atoms with E-state index in [9.17, 15) is 14.9 Å². The Morgan fingerprint density at radius 3 is 2.41 bits per heavy atom. The molecule has 0 unspecified atom stereocenters. The Kier molecular flexibility index (Phi) is 5.47. The lowest BCUT2D eigenvalue weighted by Crippen LogP contribution is -2.18. The standard InChI is InChI=1S/C21H17NO5/c1-15-13-17(11-12-19(15)22(24)25)26-14-21(23)27-20-10-6-5-9-18(20)16-7-3-2-4-8-16/h2-13H,14H2,1H3. The monoisotopic (exact) mass is 363 g/mol. The predicted octanol–water partition coefficient (Wildman–Crippen LogP) is 4.55. The highest BCUT2D eigenvalue weighted by Crippen LogP contribution is 2.29. The Balaban J connectivity index is 1.67. The van der Waals surface area contributed by atoms with Crippen molar-refractivity contribution >= 4 is 11.7 Å². The molecule has 0 spiro atoms. The van der Waals surface area contributed by atoms with E-state index in [-0.39, 0.29) is 12.3 Å². The van der Waals surface area contributed by atoms with Crippen molar-refractivity contribution in [2.24, 2.45) is 0 Å². The first-order valence-electron chi connectivity index (χ1n) is 8.27. The largest absolute Gasteiger partial charge is 0.482 e. The maximum absolute atomic E-state index is 12.2. The van der Waals surface area contributed by atoms with Gasteiger partial charge in [0, 0.05) is 17.2 Å². The zero-order valence-corrected chi connectivity index (χ0v) is 14.6. The topological polar surface area (TPSA) is 78.7 Å². The van der Waals surface area contributed by atoms with Crippen LogP contribution in [0.1, 0.15) is 5.56 Å². The number of para-hydroxylation sites is 1. The third-order valence-corrected chi connectivity index (χ3v) is 3.92. The van der Waals surface area contributed by atoms with Gasteiger partial charge in [-0.05, 0) is 30.7 Å². The van der Waals surface area contributed by atoms with Crippen LogP contribution in [0.25, 0.3) is 11.1 Å². The minimum atomic E-state index is -0.561. The SMILES string of the molecule is Cc1cc(OCC(=O)Oc2ccccc2-c2ccccc2)ccc1[N+](=O)[O-]. The van der Waals surface area contributed by atoms with Crippen molar-refractivity contribution in [2.75, 3.05) is 6.61 Å². The Morgan fingerprint density at radius 1 is 1.00 bits per heavy atom. The van der Waals surface area contributed by atoms with Gasteiger partial charge in [-0.15, -0.1) is 0 Å². The fraction of sp³-hybridized carbons (Fsp3) is 0.0952. The zero-order chi connectivity index (χ0) is 19.2. The van der Waals surface area contributed by atoms with Crippen molar-refractivity contribution < 1.29 is 19.2 Å². The number of nitro groups is 1. The summed E-state index contributed by atoms with van der Waals surface area (Å²) in [7, 11) is 0. The molecule has 0 heterocycles. The summed E-state index contributed by atoms with van der Waals surface area (Å²) in [5, 5.41) is 10.8. The van der Waals surface area contributed by atoms with Gasteiger partial charge in [-0.2, -0.15) is 0 Å². The Labute approximate surface area is 156 Å². The van der Waals surface area contributed by atoms with E-state index >= 15 is 0 Å². The molecule has 0 amide bonds. The summed E-state index contributed by atoms with van der Waals surface area (Å²) in [6.07, 6.45) is 0. The van der Waals surface area contributed by atoms with Crippen LogP contribution in [0.2, 0.25) is 0 Å². The molecule has 0 aliphatic rings. The van der Waals surface area contributed by atoms with Gasteiger partial charge in [-0.3, -0.25) is 10.1 Å². The molecular formula is C21H17NO5. The molecule has 0 atom stereocenters. The van der Waals surface area contributed by atoms with Gasteiger partial charge in [0.1, 0.15) is 11.5 Å². The molecule has 0 saturated carbocycles. The van der Waals surface area contributed by atoms with Crippen LogP contribution in [-0.2, 0) is 4.79 Å². The first-order valence-corrected chi connectivity index (χ1v) is 8.27. The highest BCUT2D eigenvalue weighted by Gasteiger charge is 2.13. The molecular weight excluding hydrogens is 346 g/mol. The quantitative estimate of drug-likeness (QED) is 0.278. The number of esters is 1. The molecule has 3 aromatic carbocycles. The minimum Gasteiger partial charge on any atom is -0.482 e. The van der Waals surface area contributed by atoms with Gasteiger partial charge in [0.2, 0.25) is 0 Å². The van der Waals surface area contributed by atoms with Crippen molar-refractivity contribution in [1.29, 1.82) is 0 Å². The fourth-order valence-electron chi connectivity index (χ4n) is 2.63. The molecule has 6 heteroatoms. The number of hydrogen-bond donors (Lipinski definition) is 0. The summed E-state index contributed by atoms with van der Waals surface area (Å²) >= 11 is 0. The lowest BCUT2D eigenvalue weighted by molar-refractivity contribution is -0.385. The fourth-order valence-corrected chi connectivity index (χ4v) is 2.63. The van der Waals surface area contributed by atoms with Gasteiger partial charge in [0.25, 0.3) is 5.69 Å². The number of hydrogen-bond acceptors (Lipinski definition) is 5. The molecule has 0 aliphatic heterocycles. The van der Waals surface area contributed by atoms with E-state index in [0.29, 0.717) is 17.1 Å². The van der Waals surface area contributed by atoms with E-state index in [1.807, 2.05) is 42.5 Å². The number of ether oxygens (including phenoxy) is 2. The van der Waals surface area contributed by atoms with E-state index in [2.05, 4.69) is 0 Å². The molecule has 0 fully saturated rings. The number of nitrogens with zero attached hydrogens (tertiary/aromatic N) is 1. The number of nitro benzene ring substituents is 1. The predicted molar refractivity (Wildman–Crippen MR) is 101 cm³/mol. The Bertz CT molecular complexity index is 969. The van der Waals surface area contributed by atoms with Crippen LogP contribution in [0.4, 0.5) is 5.69 Å². The van der Waals surface area contributed by atoms with Crippen LogP contribution in [-0.4, -0.2) is 17.5 Å². The molecule has 0 saturated heterocycles. The van der Waals surface area contributed by atoms with E-state index in [0.717, 1.165) is 11.1 Å². The van der Waals surface area contributed by atoms with Gasteiger partial charge >= 0.3 is 5.97 Å². The second kappa shape index (κ2) is 8.14. The van der Waals surface area contributed by atoms with Crippen LogP contribution < -0.4 is 9.47 Å². The van der Waals surface area contributed by atoms with Gasteiger partial charge < -0.3 is 9.47 Å². The van der Waals surface area contributed by atoms with Crippen LogP contribution >= 0.6 is 0 Å². The van der Waals surface area contributed by atoms with Gasteiger partial charge in [0.05, 0.1) is 4.92 Å². The van der Waals surface area contributed by atoms with Gasteiger partial charge in [-0.25, -0.2) is 4.79 Å². The second-order valence-electron chi connectivity index (χ2n) is 5.83. The number of carbonyl (C=O) groups is 1. The van der Waals surface area contributed by atoms with Crippen LogP contribution in [0, 0.1) is 17.0 Å². The highest BCUT2D eigenvalue weighted by molar-refractivity contribution is 5.78. The van der Waals surface area contributed by atoms with Crippen LogP contribution in [0.15, 0.2) is 72.8 Å². The number of benzene rings is 3. The number of carbonyl (C=O) groups excluding carboxylic acids is 1. The molecule has 6 nitrogen and oxygen atoms in total. The maximum Gasteiger partial charge on any atom is 0.349 e. The second-order valence-corrected chi connectivity index (χ2v) is 5.83. The van der Waals surface area contributed by atoms with Crippen molar-refractivity contribution in [3.8, 4) is 22.6 Å². The third kappa shape index (κ3) is 4.49. The smallest absolute Gasteiger partial charge is 0.349 e. The maximum atomic E-state index is 12.2. The summed E-state index contributed by atoms with van der Waals surface area (Å²) in [4.78, 5) is 22.6. The number of rotatable bonds is 6. The Morgan fingerprint density at radius 2 is 1.70 bits per heavy atom. The van der Waals surface area contributed by atoms with Gasteiger partial charge in [0.15, 0.2) is 6.61 Å². The molecule has 0 radical (unpaired) electrons. The average Bonchev–Trinajstić information content (AvgIpc) is 2.67. The summed E-state index contributed by atoms with van der Waals surface area (Å²) in [6, 6.07) is 21.2. The zero-order valence-electron chi connectivity index (χ0n) is 14.6. The lowest BCUT2D eigenvalue weighted by atomic mass is 10.1. The minimum absolute atomic E-state index is 0.00159. The Hall–Kier alpha value is -3.67. The molecule has 136 valence electrons. The lowest BCUT2D eigenvalue weighted by Gasteiger charge is -2.11.